The minimum atomic E-state index is -0.762. The van der Waals surface area contributed by atoms with Gasteiger partial charge in [0.15, 0.2) is 0 Å². The van der Waals surface area contributed by atoms with Gasteiger partial charge in [0, 0.05) is 31.5 Å². The van der Waals surface area contributed by atoms with Crippen molar-refractivity contribution in [2.45, 2.75) is 135 Å². The number of amides is 1. The Morgan fingerprint density at radius 2 is 1.71 bits per heavy atom. The Kier molecular flexibility index (Phi) is 9.36. The molecule has 6 aliphatic carbocycles. The number of carbonyl (C=O) groups excluding carboxylic acids is 1. The normalized spacial score (nSPS) is 47.7. The van der Waals surface area contributed by atoms with Gasteiger partial charge in [-0.05, 0) is 92.3 Å². The summed E-state index contributed by atoms with van der Waals surface area (Å²) in [5.74, 6) is 4.53. The minimum absolute atomic E-state index is 0.0496. The molecule has 0 spiro atoms. The van der Waals surface area contributed by atoms with Gasteiger partial charge in [-0.2, -0.15) is 5.06 Å². The molecule has 3 N–H and O–H groups in total. The summed E-state index contributed by atoms with van der Waals surface area (Å²) in [4.78, 5) is 20.5. The molecule has 6 saturated carbocycles. The number of aliphatic hydroxyl groups excluding tert-OH is 2. The summed E-state index contributed by atoms with van der Waals surface area (Å²) in [5, 5.41) is 26.4. The van der Waals surface area contributed by atoms with E-state index < -0.39 is 24.2 Å². The maximum atomic E-state index is 14.1. The van der Waals surface area contributed by atoms with E-state index in [4.69, 9.17) is 9.57 Å². The molecule has 6 unspecified atom stereocenters. The number of carbonyl (C=O) groups is 1. The molecule has 7 fully saturated rings. The van der Waals surface area contributed by atoms with Crippen molar-refractivity contribution < 1.29 is 24.6 Å². The second kappa shape index (κ2) is 12.6. The standard InChI is InChI=1S/C35H60N2O5/c1-20-28-16-24(35(28,3)4)17-29(20)36-34(40)32-31(21(2)39)30(19-38)42-37(32)18-23-12-9-15-27(33(23)41-5)26-14-8-11-22-10-6-7-13-25(22)26/h20-33,38-39H,6-19H2,1-5H3,(H,36,40)/t20-,21-,22?,23?,24+,25?,26?,27?,28-,29-,30-,31-,32-,33?/m0/s1. The summed E-state index contributed by atoms with van der Waals surface area (Å²) >= 11 is 0. The van der Waals surface area contributed by atoms with Crippen molar-refractivity contribution in [3.05, 3.63) is 0 Å². The summed E-state index contributed by atoms with van der Waals surface area (Å²) in [5.41, 5.74) is 0.357. The number of nitrogens with one attached hydrogen (secondary N) is 1. The highest BCUT2D eigenvalue weighted by molar-refractivity contribution is 5.82. The van der Waals surface area contributed by atoms with E-state index in [9.17, 15) is 15.0 Å². The van der Waals surface area contributed by atoms with Gasteiger partial charge in [0.25, 0.3) is 0 Å². The van der Waals surface area contributed by atoms with Crippen molar-refractivity contribution in [1.82, 2.24) is 10.4 Å². The van der Waals surface area contributed by atoms with E-state index in [-0.39, 0.29) is 30.6 Å². The predicted molar refractivity (Wildman–Crippen MR) is 163 cm³/mol. The molecular formula is C35H60N2O5. The van der Waals surface area contributed by atoms with E-state index >= 15 is 0 Å². The van der Waals surface area contributed by atoms with Gasteiger partial charge in [0.1, 0.15) is 12.1 Å². The number of ether oxygens (including phenoxy) is 1. The molecule has 14 atom stereocenters. The molecule has 0 aromatic heterocycles. The van der Waals surface area contributed by atoms with Crippen LogP contribution in [0.25, 0.3) is 0 Å². The molecule has 7 nitrogen and oxygen atoms in total. The molecule has 1 amide bonds. The summed E-state index contributed by atoms with van der Waals surface area (Å²) < 4.78 is 6.37. The maximum Gasteiger partial charge on any atom is 0.240 e. The van der Waals surface area contributed by atoms with Crippen LogP contribution in [0.1, 0.15) is 105 Å². The molecule has 7 heteroatoms. The third kappa shape index (κ3) is 5.50. The topological polar surface area (TPSA) is 91.3 Å². The lowest BCUT2D eigenvalue weighted by atomic mass is 9.45. The van der Waals surface area contributed by atoms with Crippen molar-refractivity contribution in [2.75, 3.05) is 20.3 Å². The molecule has 1 saturated heterocycles. The lowest BCUT2D eigenvalue weighted by molar-refractivity contribution is -0.194. The van der Waals surface area contributed by atoms with E-state index in [1.165, 1.54) is 64.2 Å². The zero-order valence-corrected chi connectivity index (χ0v) is 27.0. The number of hydrogen-bond donors (Lipinski definition) is 3. The zero-order chi connectivity index (χ0) is 29.8. The minimum Gasteiger partial charge on any atom is -0.394 e. The summed E-state index contributed by atoms with van der Waals surface area (Å²) in [6.45, 7) is 9.19. The predicted octanol–water partition coefficient (Wildman–Crippen LogP) is 5.18. The summed E-state index contributed by atoms with van der Waals surface area (Å²) in [7, 11) is 1.89. The van der Waals surface area contributed by atoms with Crippen LogP contribution in [0.15, 0.2) is 0 Å². The molecule has 1 heterocycles. The third-order valence-corrected chi connectivity index (χ3v) is 13.9. The highest BCUT2D eigenvalue weighted by Crippen LogP contribution is 2.61. The molecule has 240 valence electrons. The van der Waals surface area contributed by atoms with Crippen molar-refractivity contribution in [3.8, 4) is 0 Å². The Morgan fingerprint density at radius 1 is 1.02 bits per heavy atom. The SMILES string of the molecule is COC1C(CN2O[C@@H](CO)[C@H]([C@H](C)O)[C@H]2C(=O)N[C@H]2C[C@H]3C[C@@H]([C@@H]2C)C3(C)C)CCCC1C1CCCC2CCCCC21. The van der Waals surface area contributed by atoms with Gasteiger partial charge < -0.3 is 20.3 Å². The Morgan fingerprint density at radius 3 is 2.40 bits per heavy atom. The Labute approximate surface area is 254 Å². The number of methoxy groups -OCH3 is 1. The first-order chi connectivity index (χ1) is 20.1. The van der Waals surface area contributed by atoms with Crippen LogP contribution in [-0.2, 0) is 14.4 Å². The first-order valence-corrected chi connectivity index (χ1v) is 17.7. The summed E-state index contributed by atoms with van der Waals surface area (Å²) in [6, 6.07) is -0.463. The van der Waals surface area contributed by atoms with Crippen LogP contribution in [0.4, 0.5) is 0 Å². The van der Waals surface area contributed by atoms with Crippen molar-refractivity contribution in [3.63, 3.8) is 0 Å². The van der Waals surface area contributed by atoms with E-state index in [0.29, 0.717) is 35.6 Å². The van der Waals surface area contributed by atoms with Gasteiger partial charge in [-0.25, -0.2) is 0 Å². The molecule has 2 bridgehead atoms. The molecule has 7 rings (SSSR count). The highest BCUT2D eigenvalue weighted by Gasteiger charge is 2.58. The average molecular weight is 589 g/mol. The monoisotopic (exact) mass is 588 g/mol. The third-order valence-electron chi connectivity index (χ3n) is 13.9. The number of aliphatic hydroxyl groups is 2. The Hall–Kier alpha value is -0.730. The number of rotatable bonds is 8. The van der Waals surface area contributed by atoms with Crippen LogP contribution in [0.3, 0.4) is 0 Å². The van der Waals surface area contributed by atoms with E-state index in [0.717, 1.165) is 30.6 Å². The largest absolute Gasteiger partial charge is 0.394 e. The molecule has 42 heavy (non-hydrogen) atoms. The van der Waals surface area contributed by atoms with Crippen LogP contribution in [0.2, 0.25) is 0 Å². The Balaban J connectivity index is 1.18. The van der Waals surface area contributed by atoms with Crippen LogP contribution in [-0.4, -0.2) is 71.8 Å². The maximum absolute atomic E-state index is 14.1. The highest BCUT2D eigenvalue weighted by atomic mass is 16.7. The van der Waals surface area contributed by atoms with Crippen LogP contribution >= 0.6 is 0 Å². The van der Waals surface area contributed by atoms with Crippen molar-refractivity contribution in [2.24, 2.45) is 58.7 Å². The van der Waals surface area contributed by atoms with Gasteiger partial charge in [0.05, 0.1) is 18.8 Å². The van der Waals surface area contributed by atoms with Gasteiger partial charge in [-0.3, -0.25) is 9.63 Å². The fraction of sp³-hybridized carbons (Fsp3) is 0.971. The lowest BCUT2D eigenvalue weighted by Crippen LogP contribution is -2.62. The van der Waals surface area contributed by atoms with Crippen molar-refractivity contribution in [1.29, 1.82) is 0 Å². The molecular weight excluding hydrogens is 528 g/mol. The van der Waals surface area contributed by atoms with Gasteiger partial charge in [0.2, 0.25) is 5.91 Å². The van der Waals surface area contributed by atoms with Gasteiger partial charge in [-0.1, -0.05) is 59.3 Å². The van der Waals surface area contributed by atoms with Gasteiger partial charge in [-0.15, -0.1) is 0 Å². The lowest BCUT2D eigenvalue weighted by Gasteiger charge is -2.62. The molecule has 0 radical (unpaired) electrons. The molecule has 7 aliphatic rings. The summed E-state index contributed by atoms with van der Waals surface area (Å²) in [6.07, 6.45) is 14.3. The van der Waals surface area contributed by atoms with Crippen LogP contribution in [0, 0.1) is 58.7 Å². The van der Waals surface area contributed by atoms with Crippen molar-refractivity contribution >= 4 is 5.91 Å². The molecule has 1 aliphatic heterocycles. The number of fused-ring (bicyclic) bond motifs is 3. The Bertz CT molecular complexity index is 940. The average Bonchev–Trinajstić information content (AvgIpc) is 3.36. The van der Waals surface area contributed by atoms with Crippen LogP contribution < -0.4 is 5.32 Å². The first kappa shape index (κ1) is 31.3. The molecule has 0 aromatic rings. The van der Waals surface area contributed by atoms with E-state index in [1.807, 2.05) is 12.2 Å². The number of nitrogens with zero attached hydrogens (tertiary/aromatic N) is 1. The number of hydrogen-bond acceptors (Lipinski definition) is 6. The van der Waals surface area contributed by atoms with Crippen LogP contribution in [0.5, 0.6) is 0 Å². The second-order valence-corrected chi connectivity index (χ2v) is 16.1. The zero-order valence-electron chi connectivity index (χ0n) is 27.0. The first-order valence-electron chi connectivity index (χ1n) is 17.7. The fourth-order valence-corrected chi connectivity index (χ4v) is 11.6. The van der Waals surface area contributed by atoms with E-state index in [2.05, 4.69) is 26.1 Å². The number of hydroxylamine groups is 2. The second-order valence-electron chi connectivity index (χ2n) is 16.1. The quantitative estimate of drug-likeness (QED) is 0.362. The van der Waals surface area contributed by atoms with E-state index in [1.54, 1.807) is 6.92 Å². The smallest absolute Gasteiger partial charge is 0.240 e. The fourth-order valence-electron chi connectivity index (χ4n) is 11.6. The van der Waals surface area contributed by atoms with Gasteiger partial charge >= 0.3 is 0 Å². The molecule has 0 aromatic carbocycles.